The van der Waals surface area contributed by atoms with E-state index in [1.54, 1.807) is 12.1 Å². The molecule has 3 aromatic rings. The molecule has 3 aromatic carbocycles. The average molecular weight is 317 g/mol. The predicted molar refractivity (Wildman–Crippen MR) is 77.4 cm³/mol. The molecule has 0 aliphatic carbocycles. The van der Waals surface area contributed by atoms with Gasteiger partial charge in [0.05, 0.1) is 5.02 Å². The average Bonchev–Trinajstić information content (AvgIpc) is 2.36. The van der Waals surface area contributed by atoms with Gasteiger partial charge in [0.15, 0.2) is 0 Å². The summed E-state index contributed by atoms with van der Waals surface area (Å²) in [6, 6.07) is 14.3. The Hall–Kier alpha value is -0.620. The second kappa shape index (κ2) is 5.64. The van der Waals surface area contributed by atoms with E-state index in [-0.39, 0.29) is 40.9 Å². The summed E-state index contributed by atoms with van der Waals surface area (Å²) in [5.41, 5.74) is 0. The van der Waals surface area contributed by atoms with Crippen molar-refractivity contribution in [2.45, 2.75) is 4.90 Å². The van der Waals surface area contributed by atoms with Crippen molar-refractivity contribution >= 4 is 43.3 Å². The molecule has 0 aliphatic heterocycles. The third-order valence-corrected chi connectivity index (χ3v) is 4.47. The van der Waals surface area contributed by atoms with Gasteiger partial charge in [-0.1, -0.05) is 54.1 Å². The van der Waals surface area contributed by atoms with E-state index in [2.05, 4.69) is 0 Å². The smallest absolute Gasteiger partial charge is 1.00 e. The monoisotopic (exact) mass is 316 g/mol. The Balaban J connectivity index is 0.00000110. The van der Waals surface area contributed by atoms with Crippen molar-refractivity contribution in [1.82, 2.24) is 0 Å². The number of hydrogen-bond donors (Lipinski definition) is 1. The van der Waals surface area contributed by atoms with Gasteiger partial charge in [-0.25, -0.2) is 0 Å². The fraction of sp³-hybridized carbons (Fsp3) is 0. The summed E-state index contributed by atoms with van der Waals surface area (Å²) in [6.07, 6.45) is 0. The Morgan fingerprint density at radius 3 is 2.25 bits per heavy atom. The van der Waals surface area contributed by atoms with Crippen LogP contribution in [0.2, 0.25) is 5.02 Å². The molecule has 20 heavy (non-hydrogen) atoms. The summed E-state index contributed by atoms with van der Waals surface area (Å²) >= 11 is 5.90. The molecule has 0 saturated carbocycles. The molecule has 0 heterocycles. The zero-order valence-electron chi connectivity index (χ0n) is 11.7. The Bertz CT molecular complexity index is 913. The van der Waals surface area contributed by atoms with Crippen molar-refractivity contribution in [3.63, 3.8) is 0 Å². The van der Waals surface area contributed by atoms with Crippen LogP contribution in [0.15, 0.2) is 53.4 Å². The minimum atomic E-state index is -4.36. The molecule has 0 radical (unpaired) electrons. The molecule has 1 N–H and O–H groups in total. The van der Waals surface area contributed by atoms with Crippen molar-refractivity contribution < 1.29 is 44.0 Å². The predicted octanol–water partition coefficient (Wildman–Crippen LogP) is 1.01. The van der Waals surface area contributed by atoms with Gasteiger partial charge in [0.25, 0.3) is 10.1 Å². The van der Waals surface area contributed by atoms with E-state index in [0.29, 0.717) is 5.39 Å². The van der Waals surface area contributed by atoms with E-state index in [0.717, 1.165) is 16.2 Å². The van der Waals surface area contributed by atoms with Gasteiger partial charge in [-0.2, -0.15) is 8.42 Å². The first kappa shape index (κ1) is 15.8. The molecule has 0 aliphatic rings. The summed E-state index contributed by atoms with van der Waals surface area (Å²) in [6.45, 7) is 0. The Morgan fingerprint density at radius 2 is 1.55 bits per heavy atom. The van der Waals surface area contributed by atoms with Gasteiger partial charge >= 0.3 is 29.6 Å². The van der Waals surface area contributed by atoms with Gasteiger partial charge in [-0.3, -0.25) is 4.55 Å². The van der Waals surface area contributed by atoms with Crippen molar-refractivity contribution in [1.29, 1.82) is 0 Å². The summed E-state index contributed by atoms with van der Waals surface area (Å²) in [5.74, 6) is 0. The summed E-state index contributed by atoms with van der Waals surface area (Å²) < 4.78 is 32.3. The maximum atomic E-state index is 11.5. The zero-order chi connectivity index (χ0) is 13.6. The zero-order valence-corrected chi connectivity index (χ0v) is 14.2. The molecule has 0 aromatic heterocycles. The number of fused-ring (bicyclic) bond motifs is 3. The van der Waals surface area contributed by atoms with Crippen molar-refractivity contribution in [2.75, 3.05) is 0 Å². The van der Waals surface area contributed by atoms with Gasteiger partial charge in [0, 0.05) is 5.39 Å². The Morgan fingerprint density at radius 1 is 0.900 bits per heavy atom. The molecule has 0 saturated heterocycles. The van der Waals surface area contributed by atoms with Crippen LogP contribution >= 0.6 is 11.6 Å². The van der Waals surface area contributed by atoms with E-state index < -0.39 is 10.1 Å². The normalized spacial score (nSPS) is 11.5. The van der Waals surface area contributed by atoms with Crippen LogP contribution in [0.4, 0.5) is 0 Å². The summed E-state index contributed by atoms with van der Waals surface area (Å²) in [4.78, 5) is -0.239. The molecule has 3 nitrogen and oxygen atoms in total. The second-order valence-electron chi connectivity index (χ2n) is 4.23. The van der Waals surface area contributed by atoms with Gasteiger partial charge in [0.1, 0.15) is 4.90 Å². The minimum absolute atomic E-state index is 0. The number of hydrogen-bond acceptors (Lipinski definition) is 2. The van der Waals surface area contributed by atoms with E-state index >= 15 is 0 Å². The maximum Gasteiger partial charge on any atom is 1.00 e. The molecular weight excluding hydrogens is 307 g/mol. The van der Waals surface area contributed by atoms with Crippen molar-refractivity contribution in [3.8, 4) is 0 Å². The quantitative estimate of drug-likeness (QED) is 0.414. The molecule has 0 amide bonds. The molecule has 0 unspecified atom stereocenters. The Kier molecular flexibility index (Phi) is 4.44. The SMILES string of the molecule is O=S(=O)(O)c1c(Cl)ccc2c1ccc1ccccc12.[H-].[Na+]. The molecule has 6 heteroatoms. The van der Waals surface area contributed by atoms with Crippen LogP contribution < -0.4 is 29.6 Å². The topological polar surface area (TPSA) is 54.4 Å². The number of halogens is 1. The van der Waals surface area contributed by atoms with E-state index in [1.165, 1.54) is 6.07 Å². The Labute approximate surface area is 145 Å². The first-order valence-electron chi connectivity index (χ1n) is 5.56. The van der Waals surface area contributed by atoms with Crippen molar-refractivity contribution in [3.05, 3.63) is 53.6 Å². The molecule has 98 valence electrons. The van der Waals surface area contributed by atoms with Gasteiger partial charge in [-0.05, 0) is 22.2 Å². The van der Waals surface area contributed by atoms with E-state index in [4.69, 9.17) is 11.6 Å². The molecule has 0 spiro atoms. The van der Waals surface area contributed by atoms with Crippen LogP contribution in [-0.4, -0.2) is 13.0 Å². The molecule has 0 atom stereocenters. The molecule has 3 rings (SSSR count). The number of rotatable bonds is 1. The number of benzene rings is 3. The maximum absolute atomic E-state index is 11.5. The largest absolute Gasteiger partial charge is 1.00 e. The van der Waals surface area contributed by atoms with E-state index in [1.807, 2.05) is 30.3 Å². The summed E-state index contributed by atoms with van der Waals surface area (Å²) in [7, 11) is -4.36. The third kappa shape index (κ3) is 2.60. The first-order chi connectivity index (χ1) is 8.98. The third-order valence-electron chi connectivity index (χ3n) is 3.09. The van der Waals surface area contributed by atoms with Gasteiger partial charge in [0.2, 0.25) is 0 Å². The van der Waals surface area contributed by atoms with Gasteiger partial charge in [-0.15, -0.1) is 0 Å². The molecule has 0 fully saturated rings. The summed E-state index contributed by atoms with van der Waals surface area (Å²) in [5, 5.41) is 3.11. The van der Waals surface area contributed by atoms with Gasteiger partial charge < -0.3 is 1.43 Å². The molecule has 0 bridgehead atoms. The van der Waals surface area contributed by atoms with E-state index in [9.17, 15) is 13.0 Å². The standard InChI is InChI=1S/C14H9ClO3S.Na.H/c15-13-8-7-11-10-4-2-1-3-9(10)5-6-12(11)14(13)19(16,17)18;;/h1-8H,(H,16,17,18);;/q;+1;-1. The first-order valence-corrected chi connectivity index (χ1v) is 7.38. The van der Waals surface area contributed by atoms with Crippen LogP contribution in [0, 0.1) is 0 Å². The van der Waals surface area contributed by atoms with Crippen LogP contribution in [0.25, 0.3) is 21.5 Å². The van der Waals surface area contributed by atoms with Crippen molar-refractivity contribution in [2.24, 2.45) is 0 Å². The minimum Gasteiger partial charge on any atom is -1.00 e. The van der Waals surface area contributed by atoms with Crippen LogP contribution in [0.3, 0.4) is 0 Å². The fourth-order valence-electron chi connectivity index (χ4n) is 2.30. The molecular formula is C14H10ClNaO3S. The second-order valence-corrected chi connectivity index (χ2v) is 6.00. The van der Waals surface area contributed by atoms with Crippen LogP contribution in [-0.2, 0) is 10.1 Å². The van der Waals surface area contributed by atoms with Crippen LogP contribution in [0.1, 0.15) is 1.43 Å². The fourth-order valence-corrected chi connectivity index (χ4v) is 3.52. The van der Waals surface area contributed by atoms with Crippen LogP contribution in [0.5, 0.6) is 0 Å².